The van der Waals surface area contributed by atoms with Crippen molar-refractivity contribution in [2.75, 3.05) is 0 Å². The summed E-state index contributed by atoms with van der Waals surface area (Å²) in [5, 5.41) is 10.8. The molecule has 1 aromatic carbocycles. The molecule has 2 nitrogen and oxygen atoms in total. The summed E-state index contributed by atoms with van der Waals surface area (Å²) in [7, 11) is 0. The van der Waals surface area contributed by atoms with E-state index in [0.29, 0.717) is 11.3 Å². The van der Waals surface area contributed by atoms with Crippen LogP contribution in [-0.2, 0) is 13.0 Å². The number of benzene rings is 1. The third kappa shape index (κ3) is 3.95. The molecular weight excluding hydrogens is 306 g/mol. The first-order chi connectivity index (χ1) is 12.1. The molecule has 3 rings (SSSR count). The summed E-state index contributed by atoms with van der Waals surface area (Å²) in [6.45, 7) is 7.31. The van der Waals surface area contributed by atoms with Gasteiger partial charge < -0.3 is 10.1 Å². The van der Waals surface area contributed by atoms with Gasteiger partial charge in [-0.2, -0.15) is 0 Å². The van der Waals surface area contributed by atoms with Crippen molar-refractivity contribution >= 4 is 10.9 Å². The lowest BCUT2D eigenvalue weighted by molar-refractivity contribution is 0.229. The van der Waals surface area contributed by atoms with E-state index in [1.54, 1.807) is 5.56 Å². The first kappa shape index (κ1) is 18.5. The molecule has 0 bridgehead atoms. The fourth-order valence-electron chi connectivity index (χ4n) is 4.69. The number of rotatable bonds is 8. The van der Waals surface area contributed by atoms with Gasteiger partial charge in [0.2, 0.25) is 0 Å². The van der Waals surface area contributed by atoms with Gasteiger partial charge in [-0.05, 0) is 47.8 Å². The molecule has 0 spiro atoms. The quantitative estimate of drug-likeness (QED) is 0.531. The van der Waals surface area contributed by atoms with Gasteiger partial charge in [0.1, 0.15) is 0 Å². The molecule has 1 aromatic heterocycles. The Balaban J connectivity index is 1.80. The van der Waals surface area contributed by atoms with Crippen LogP contribution in [0.4, 0.5) is 0 Å². The zero-order valence-electron chi connectivity index (χ0n) is 16.3. The van der Waals surface area contributed by atoms with Crippen molar-refractivity contribution in [3.8, 4) is 0 Å². The van der Waals surface area contributed by atoms with Gasteiger partial charge in [-0.1, -0.05) is 71.4 Å². The lowest BCUT2D eigenvalue weighted by Gasteiger charge is -2.39. The normalized spacial score (nSPS) is 19.3. The van der Waals surface area contributed by atoms with Crippen molar-refractivity contribution in [2.24, 2.45) is 5.41 Å². The number of aliphatic hydroxyl groups excluding tert-OH is 1. The molecule has 0 amide bonds. The largest absolute Gasteiger partial charge is 0.392 e. The molecule has 0 saturated carbocycles. The van der Waals surface area contributed by atoms with Crippen molar-refractivity contribution in [1.29, 1.82) is 0 Å². The monoisotopic (exact) mass is 341 g/mol. The number of aromatic nitrogens is 1. The van der Waals surface area contributed by atoms with E-state index in [-0.39, 0.29) is 6.61 Å². The molecule has 1 aliphatic rings. The van der Waals surface area contributed by atoms with Gasteiger partial charge in [0.05, 0.1) is 6.61 Å². The molecule has 138 valence electrons. The van der Waals surface area contributed by atoms with Crippen LogP contribution in [0.15, 0.2) is 18.2 Å². The minimum absolute atomic E-state index is 0.117. The van der Waals surface area contributed by atoms with Crippen LogP contribution in [-0.4, -0.2) is 10.1 Å². The molecule has 2 aromatic rings. The highest BCUT2D eigenvalue weighted by atomic mass is 16.3. The Labute approximate surface area is 153 Å². The number of aryl methyl sites for hydroxylation is 1. The minimum atomic E-state index is 0.117. The highest BCUT2D eigenvalue weighted by Gasteiger charge is 2.37. The van der Waals surface area contributed by atoms with Crippen molar-refractivity contribution in [3.63, 3.8) is 0 Å². The number of aromatic amines is 1. The first-order valence-electron chi connectivity index (χ1n) is 10.3. The molecule has 0 fully saturated rings. The molecule has 2 heteroatoms. The summed E-state index contributed by atoms with van der Waals surface area (Å²) in [4.78, 5) is 3.67. The lowest BCUT2D eigenvalue weighted by atomic mass is 9.65. The third-order valence-corrected chi connectivity index (χ3v) is 6.32. The summed E-state index contributed by atoms with van der Waals surface area (Å²) in [6.07, 6.45) is 11.9. The fourth-order valence-corrected chi connectivity index (χ4v) is 4.69. The molecule has 2 N–H and O–H groups in total. The second-order valence-corrected chi connectivity index (χ2v) is 8.65. The van der Waals surface area contributed by atoms with E-state index in [1.807, 2.05) is 0 Å². The van der Waals surface area contributed by atoms with E-state index in [9.17, 15) is 5.11 Å². The van der Waals surface area contributed by atoms with Gasteiger partial charge in [-0.15, -0.1) is 0 Å². The summed E-state index contributed by atoms with van der Waals surface area (Å²) in [5.74, 6) is 0.649. The van der Waals surface area contributed by atoms with Crippen LogP contribution in [0.5, 0.6) is 0 Å². The van der Waals surface area contributed by atoms with E-state index in [0.717, 1.165) is 12.0 Å². The number of hydrogen-bond donors (Lipinski definition) is 2. The second kappa shape index (κ2) is 7.95. The lowest BCUT2D eigenvalue weighted by Crippen LogP contribution is -2.28. The molecule has 0 aliphatic heterocycles. The van der Waals surface area contributed by atoms with Crippen LogP contribution >= 0.6 is 0 Å². The number of H-pyrrole nitrogens is 1. The van der Waals surface area contributed by atoms with Crippen LogP contribution < -0.4 is 0 Å². The maximum absolute atomic E-state index is 9.43. The third-order valence-electron chi connectivity index (χ3n) is 6.32. The molecule has 1 aliphatic carbocycles. The molecule has 1 atom stereocenters. The van der Waals surface area contributed by atoms with Crippen molar-refractivity contribution < 1.29 is 5.11 Å². The summed E-state index contributed by atoms with van der Waals surface area (Å²) < 4.78 is 0. The van der Waals surface area contributed by atoms with Gasteiger partial charge in [0, 0.05) is 16.6 Å². The molecule has 0 saturated heterocycles. The molecule has 0 radical (unpaired) electrons. The standard InChI is InChI=1S/C23H35NO/c1-4-5-6-7-8-9-10-19-22-18-12-11-17(16-25)15-21(18)24-20(22)13-14-23(19,2)3/h11-12,15,19,24-25H,4-10,13-14,16H2,1-3H3. The van der Waals surface area contributed by atoms with Crippen molar-refractivity contribution in [1.82, 2.24) is 4.98 Å². The van der Waals surface area contributed by atoms with E-state index in [2.05, 4.69) is 44.0 Å². The topological polar surface area (TPSA) is 36.0 Å². The fraction of sp³-hybridized carbons (Fsp3) is 0.652. The Morgan fingerprint density at radius 2 is 1.88 bits per heavy atom. The Morgan fingerprint density at radius 3 is 2.64 bits per heavy atom. The van der Waals surface area contributed by atoms with Crippen molar-refractivity contribution in [3.05, 3.63) is 35.0 Å². The van der Waals surface area contributed by atoms with Gasteiger partial charge in [0.25, 0.3) is 0 Å². The summed E-state index contributed by atoms with van der Waals surface area (Å²) in [6, 6.07) is 6.44. The minimum Gasteiger partial charge on any atom is -0.392 e. The highest BCUT2D eigenvalue weighted by Crippen LogP contribution is 2.50. The van der Waals surface area contributed by atoms with Gasteiger partial charge in [0.15, 0.2) is 0 Å². The van der Waals surface area contributed by atoms with Gasteiger partial charge in [-0.25, -0.2) is 0 Å². The highest BCUT2D eigenvalue weighted by molar-refractivity contribution is 5.86. The Morgan fingerprint density at radius 1 is 1.12 bits per heavy atom. The zero-order valence-corrected chi connectivity index (χ0v) is 16.3. The number of aliphatic hydroxyl groups is 1. The van der Waals surface area contributed by atoms with Crippen molar-refractivity contribution in [2.45, 2.75) is 91.1 Å². The van der Waals surface area contributed by atoms with Crippen LogP contribution in [0.25, 0.3) is 10.9 Å². The van der Waals surface area contributed by atoms with E-state index < -0.39 is 0 Å². The predicted molar refractivity (Wildman–Crippen MR) is 107 cm³/mol. The molecule has 25 heavy (non-hydrogen) atoms. The predicted octanol–water partition coefficient (Wildman–Crippen LogP) is 6.47. The number of fused-ring (bicyclic) bond motifs is 3. The molecule has 1 heterocycles. The van der Waals surface area contributed by atoms with Crippen LogP contribution in [0.1, 0.15) is 94.9 Å². The van der Waals surface area contributed by atoms with E-state index >= 15 is 0 Å². The maximum atomic E-state index is 9.43. The van der Waals surface area contributed by atoms with Gasteiger partial charge >= 0.3 is 0 Å². The van der Waals surface area contributed by atoms with E-state index in [1.165, 1.54) is 68.0 Å². The number of hydrogen-bond acceptors (Lipinski definition) is 1. The van der Waals surface area contributed by atoms with E-state index in [4.69, 9.17) is 0 Å². The van der Waals surface area contributed by atoms with Gasteiger partial charge in [-0.3, -0.25) is 0 Å². The smallest absolute Gasteiger partial charge is 0.0682 e. The number of nitrogens with one attached hydrogen (secondary N) is 1. The first-order valence-corrected chi connectivity index (χ1v) is 10.3. The SMILES string of the molecule is CCCCCCCCC1c2c([nH]c3cc(CO)ccc23)CCC1(C)C. The average Bonchev–Trinajstić information content (AvgIpc) is 2.96. The molecular formula is C23H35NO. The van der Waals surface area contributed by atoms with Crippen LogP contribution in [0, 0.1) is 5.41 Å². The maximum Gasteiger partial charge on any atom is 0.0682 e. The Kier molecular flexibility index (Phi) is 5.89. The van der Waals surface area contributed by atoms with Crippen LogP contribution in [0.2, 0.25) is 0 Å². The summed E-state index contributed by atoms with van der Waals surface area (Å²) >= 11 is 0. The Bertz CT molecular complexity index is 697. The molecule has 1 unspecified atom stereocenters. The Hall–Kier alpha value is -1.28. The van der Waals surface area contributed by atoms with Crippen LogP contribution in [0.3, 0.4) is 0 Å². The second-order valence-electron chi connectivity index (χ2n) is 8.65. The number of unbranched alkanes of at least 4 members (excludes halogenated alkanes) is 5. The summed E-state index contributed by atoms with van der Waals surface area (Å²) in [5.41, 5.74) is 5.60. The zero-order chi connectivity index (χ0) is 17.9. The average molecular weight is 342 g/mol.